The molecule has 0 radical (unpaired) electrons. The summed E-state index contributed by atoms with van der Waals surface area (Å²) in [6, 6.07) is 16.3. The zero-order valence-electron chi connectivity index (χ0n) is 18.3. The van der Waals surface area contributed by atoms with Crippen LogP contribution in [0, 0.1) is 0 Å². The van der Waals surface area contributed by atoms with E-state index < -0.39 is 0 Å². The van der Waals surface area contributed by atoms with Crippen LogP contribution in [0.5, 0.6) is 0 Å². The predicted octanol–water partition coefficient (Wildman–Crippen LogP) is 2.68. The maximum Gasteiger partial charge on any atom is 0.242 e. The summed E-state index contributed by atoms with van der Waals surface area (Å²) >= 11 is 0. The van der Waals surface area contributed by atoms with Crippen molar-refractivity contribution < 1.29 is 9.59 Å². The predicted molar refractivity (Wildman–Crippen MR) is 137 cm³/mol. The van der Waals surface area contributed by atoms with E-state index in [-0.39, 0.29) is 42.3 Å². The van der Waals surface area contributed by atoms with Crippen molar-refractivity contribution in [2.24, 2.45) is 4.99 Å². The van der Waals surface area contributed by atoms with Crippen LogP contribution in [-0.4, -0.2) is 49.4 Å². The Bertz CT molecular complexity index is 977. The summed E-state index contributed by atoms with van der Waals surface area (Å²) in [6.07, 6.45) is 2.45. The number of nitrogens with zero attached hydrogens (tertiary/aromatic N) is 3. The van der Waals surface area contributed by atoms with E-state index in [4.69, 9.17) is 0 Å². The van der Waals surface area contributed by atoms with Gasteiger partial charge in [-0.05, 0) is 41.7 Å². The number of carbonyl (C=O) groups excluding carboxylic acids is 2. The van der Waals surface area contributed by atoms with Gasteiger partial charge in [0.1, 0.15) is 0 Å². The van der Waals surface area contributed by atoms with Crippen LogP contribution in [0.1, 0.15) is 29.5 Å². The first-order valence-corrected chi connectivity index (χ1v) is 10.8. The Kier molecular flexibility index (Phi) is 8.49. The van der Waals surface area contributed by atoms with E-state index in [0.29, 0.717) is 25.5 Å². The van der Waals surface area contributed by atoms with Crippen LogP contribution in [0.3, 0.4) is 0 Å². The molecule has 2 amide bonds. The first-order chi connectivity index (χ1) is 15.1. The van der Waals surface area contributed by atoms with Gasteiger partial charge in [0.05, 0.1) is 6.54 Å². The second-order valence-electron chi connectivity index (χ2n) is 7.93. The molecule has 2 aromatic carbocycles. The number of rotatable bonds is 5. The van der Waals surface area contributed by atoms with Gasteiger partial charge in [0, 0.05) is 45.3 Å². The molecule has 32 heavy (non-hydrogen) atoms. The minimum Gasteiger partial charge on any atom is -0.352 e. The summed E-state index contributed by atoms with van der Waals surface area (Å²) in [7, 11) is 1.69. The Morgan fingerprint density at radius 1 is 1.00 bits per heavy atom. The largest absolute Gasteiger partial charge is 0.352 e. The van der Waals surface area contributed by atoms with Crippen LogP contribution in [0.25, 0.3) is 0 Å². The molecule has 0 bridgehead atoms. The van der Waals surface area contributed by atoms with E-state index >= 15 is 0 Å². The molecule has 0 saturated carbocycles. The summed E-state index contributed by atoms with van der Waals surface area (Å²) in [5.74, 6) is 0.846. The summed E-state index contributed by atoms with van der Waals surface area (Å²) in [5.41, 5.74) is 4.58. The maximum absolute atomic E-state index is 12.6. The second-order valence-corrected chi connectivity index (χ2v) is 7.93. The molecule has 2 N–H and O–H groups in total. The Labute approximate surface area is 206 Å². The SMILES string of the molecule is CN=C(NCC(=O)N1CCc2ccccc2C1)NCc1ccc(N2CCCC2=O)cc1.I. The number of aliphatic imine (C=N–C) groups is 1. The van der Waals surface area contributed by atoms with Crippen molar-refractivity contribution in [2.75, 3.05) is 31.6 Å². The molecule has 2 heterocycles. The molecule has 0 spiro atoms. The Balaban J connectivity index is 0.00000289. The molecule has 0 aliphatic carbocycles. The average Bonchev–Trinajstić information content (AvgIpc) is 3.24. The maximum atomic E-state index is 12.6. The summed E-state index contributed by atoms with van der Waals surface area (Å²) < 4.78 is 0. The fraction of sp³-hybridized carbons (Fsp3) is 0.375. The van der Waals surface area contributed by atoms with Gasteiger partial charge in [-0.1, -0.05) is 36.4 Å². The van der Waals surface area contributed by atoms with E-state index in [9.17, 15) is 9.59 Å². The molecular formula is C24H30IN5O2. The number of fused-ring (bicyclic) bond motifs is 1. The molecule has 2 aliphatic heterocycles. The third kappa shape index (κ3) is 5.79. The molecule has 2 aromatic rings. The quantitative estimate of drug-likeness (QED) is 0.343. The average molecular weight is 547 g/mol. The van der Waals surface area contributed by atoms with Crippen molar-refractivity contribution in [3.8, 4) is 0 Å². The van der Waals surface area contributed by atoms with E-state index in [0.717, 1.165) is 37.2 Å². The van der Waals surface area contributed by atoms with Gasteiger partial charge in [-0.2, -0.15) is 0 Å². The molecule has 1 fully saturated rings. The lowest BCUT2D eigenvalue weighted by atomic mass is 10.00. The van der Waals surface area contributed by atoms with Gasteiger partial charge < -0.3 is 20.4 Å². The fourth-order valence-corrected chi connectivity index (χ4v) is 4.10. The third-order valence-corrected chi connectivity index (χ3v) is 5.90. The second kappa shape index (κ2) is 11.3. The number of amides is 2. The van der Waals surface area contributed by atoms with Gasteiger partial charge in [-0.3, -0.25) is 14.6 Å². The summed E-state index contributed by atoms with van der Waals surface area (Å²) in [5, 5.41) is 6.36. The molecule has 0 atom stereocenters. The lowest BCUT2D eigenvalue weighted by Gasteiger charge is -2.29. The molecule has 8 heteroatoms. The van der Waals surface area contributed by atoms with Crippen molar-refractivity contribution in [2.45, 2.75) is 32.4 Å². The smallest absolute Gasteiger partial charge is 0.242 e. The van der Waals surface area contributed by atoms with Crippen molar-refractivity contribution in [1.82, 2.24) is 15.5 Å². The number of benzene rings is 2. The van der Waals surface area contributed by atoms with Gasteiger partial charge in [0.2, 0.25) is 11.8 Å². The van der Waals surface area contributed by atoms with Gasteiger partial charge in [0.15, 0.2) is 5.96 Å². The molecular weight excluding hydrogens is 517 g/mol. The number of carbonyl (C=O) groups is 2. The van der Waals surface area contributed by atoms with Crippen molar-refractivity contribution >= 4 is 47.4 Å². The molecule has 7 nitrogen and oxygen atoms in total. The fourth-order valence-electron chi connectivity index (χ4n) is 4.10. The molecule has 170 valence electrons. The monoisotopic (exact) mass is 547 g/mol. The van der Waals surface area contributed by atoms with Crippen molar-refractivity contribution in [3.05, 3.63) is 65.2 Å². The first kappa shape index (κ1) is 24.0. The van der Waals surface area contributed by atoms with Crippen LogP contribution in [-0.2, 0) is 29.1 Å². The first-order valence-electron chi connectivity index (χ1n) is 10.8. The topological polar surface area (TPSA) is 77.0 Å². The van der Waals surface area contributed by atoms with E-state index in [1.165, 1.54) is 11.1 Å². The van der Waals surface area contributed by atoms with Crippen LogP contribution >= 0.6 is 24.0 Å². The number of nitrogens with one attached hydrogen (secondary N) is 2. The van der Waals surface area contributed by atoms with Crippen LogP contribution in [0.15, 0.2) is 53.5 Å². The number of halogens is 1. The van der Waals surface area contributed by atoms with E-state index in [1.54, 1.807) is 7.05 Å². The van der Waals surface area contributed by atoms with Gasteiger partial charge in [-0.25, -0.2) is 0 Å². The third-order valence-electron chi connectivity index (χ3n) is 5.90. The zero-order valence-corrected chi connectivity index (χ0v) is 20.7. The number of hydrogen-bond donors (Lipinski definition) is 2. The standard InChI is InChI=1S/C24H29N5O2.HI/c1-25-24(26-15-18-8-10-21(11-9-18)29-13-4-7-22(29)30)27-16-23(31)28-14-12-19-5-2-3-6-20(19)17-28;/h2-3,5-6,8-11H,4,7,12-17H2,1H3,(H2,25,26,27);1H. The summed E-state index contributed by atoms with van der Waals surface area (Å²) in [6.45, 7) is 2.99. The minimum atomic E-state index is 0. The highest BCUT2D eigenvalue weighted by Crippen LogP contribution is 2.21. The number of guanidine groups is 1. The van der Waals surface area contributed by atoms with Crippen molar-refractivity contribution in [3.63, 3.8) is 0 Å². The molecule has 1 saturated heterocycles. The zero-order chi connectivity index (χ0) is 21.6. The van der Waals surface area contributed by atoms with Crippen LogP contribution < -0.4 is 15.5 Å². The Hall–Kier alpha value is -2.62. The minimum absolute atomic E-state index is 0. The lowest BCUT2D eigenvalue weighted by molar-refractivity contribution is -0.130. The molecule has 0 unspecified atom stereocenters. The Morgan fingerprint density at radius 2 is 1.75 bits per heavy atom. The normalized spacial score (nSPS) is 15.8. The van der Waals surface area contributed by atoms with Gasteiger partial charge in [0.25, 0.3) is 0 Å². The van der Waals surface area contributed by atoms with E-state index in [1.807, 2.05) is 46.2 Å². The molecule has 2 aliphatic rings. The molecule has 4 rings (SSSR count). The highest BCUT2D eigenvalue weighted by molar-refractivity contribution is 14.0. The van der Waals surface area contributed by atoms with Crippen LogP contribution in [0.4, 0.5) is 5.69 Å². The van der Waals surface area contributed by atoms with Crippen molar-refractivity contribution in [1.29, 1.82) is 0 Å². The highest BCUT2D eigenvalue weighted by atomic mass is 127. The summed E-state index contributed by atoms with van der Waals surface area (Å²) in [4.78, 5) is 32.5. The Morgan fingerprint density at radius 3 is 2.44 bits per heavy atom. The van der Waals surface area contributed by atoms with E-state index in [2.05, 4.69) is 27.8 Å². The van der Waals surface area contributed by atoms with Gasteiger partial charge in [-0.15, -0.1) is 24.0 Å². The highest BCUT2D eigenvalue weighted by Gasteiger charge is 2.22. The lowest BCUT2D eigenvalue weighted by Crippen LogP contribution is -2.45. The number of hydrogen-bond acceptors (Lipinski definition) is 3. The van der Waals surface area contributed by atoms with Crippen LogP contribution in [0.2, 0.25) is 0 Å². The number of anilines is 1. The van der Waals surface area contributed by atoms with Gasteiger partial charge >= 0.3 is 0 Å². The molecule has 0 aromatic heterocycles.